The zero-order valence-electron chi connectivity index (χ0n) is 21.7. The van der Waals surface area contributed by atoms with E-state index in [9.17, 15) is 18.4 Å². The van der Waals surface area contributed by atoms with Gasteiger partial charge in [-0.2, -0.15) is 0 Å². The number of rotatable bonds is 5. The van der Waals surface area contributed by atoms with Crippen LogP contribution in [0.1, 0.15) is 41.0 Å². The Morgan fingerprint density at radius 2 is 2.00 bits per heavy atom. The van der Waals surface area contributed by atoms with Gasteiger partial charge in [-0.1, -0.05) is 11.8 Å². The number of hydrogen-bond donors (Lipinski definition) is 3. The van der Waals surface area contributed by atoms with E-state index in [1.54, 1.807) is 16.8 Å². The van der Waals surface area contributed by atoms with Gasteiger partial charge in [-0.05, 0) is 48.6 Å². The molecule has 0 aromatic carbocycles. The summed E-state index contributed by atoms with van der Waals surface area (Å²) in [5.74, 6) is 11.0. The number of aromatic nitrogens is 2. The molecule has 3 heterocycles. The lowest BCUT2D eigenvalue weighted by atomic mass is 9.99. The molecule has 3 N–H and O–H groups in total. The number of methoxy groups -OCH3 is 1. The maximum Gasteiger partial charge on any atom is 0.320 e. The van der Waals surface area contributed by atoms with Crippen molar-refractivity contribution in [2.75, 3.05) is 33.8 Å². The molecule has 2 fully saturated rings. The molecule has 40 heavy (non-hydrogen) atoms. The van der Waals surface area contributed by atoms with Crippen LogP contribution >= 0.6 is 11.8 Å². The lowest BCUT2D eigenvalue weighted by Gasteiger charge is -2.14. The summed E-state index contributed by atoms with van der Waals surface area (Å²) in [6.45, 7) is 1.31. The van der Waals surface area contributed by atoms with Crippen LogP contribution in [0.5, 0.6) is 5.75 Å². The van der Waals surface area contributed by atoms with Gasteiger partial charge in [0.2, 0.25) is 0 Å². The lowest BCUT2D eigenvalue weighted by Crippen LogP contribution is -2.29. The molecule has 13 heteroatoms. The molecule has 10 nitrogen and oxygen atoms in total. The monoisotopic (exact) mass is 565 g/mol. The summed E-state index contributed by atoms with van der Waals surface area (Å²) in [7, 11) is 3.04. The molecule has 1 saturated carbocycles. The Labute approximate surface area is 233 Å². The number of nitrogens with zero attached hydrogens (tertiary/aromatic N) is 4. The molecule has 0 bridgehead atoms. The molecular formula is C27H25F2N7O3S. The number of nitrogens with one attached hydrogen (secondary N) is 3. The van der Waals surface area contributed by atoms with Gasteiger partial charge in [0.15, 0.2) is 5.17 Å². The topological polar surface area (TPSA) is 135 Å². The molecule has 2 aromatic rings. The average Bonchev–Trinajstić information content (AvgIpc) is 3.71. The number of carbonyl (C=O) groups is 2. The fourth-order valence-corrected chi connectivity index (χ4v) is 4.13. The fourth-order valence-electron chi connectivity index (χ4n) is 3.67. The van der Waals surface area contributed by atoms with Gasteiger partial charge in [0, 0.05) is 43.4 Å². The van der Waals surface area contributed by atoms with Crippen molar-refractivity contribution in [3.8, 4) is 40.6 Å². The summed E-state index contributed by atoms with van der Waals surface area (Å²) < 4.78 is 32.3. The number of carbonyl (C=O) groups excluding carboxylic acids is 2. The number of halogens is 2. The van der Waals surface area contributed by atoms with Crippen LogP contribution in [0.15, 0.2) is 24.5 Å². The molecule has 1 aliphatic carbocycles. The van der Waals surface area contributed by atoms with Crippen molar-refractivity contribution >= 4 is 33.9 Å². The highest BCUT2D eigenvalue weighted by atomic mass is 32.2. The Kier molecular flexibility index (Phi) is 8.97. The van der Waals surface area contributed by atoms with Crippen LogP contribution in [-0.2, 0) is 0 Å². The SMILES string of the molecule is COc1cnc(C(F)F)cc1-c1cc(C#CCN2CCN(C)C2=O)ncc1C(=O)NC(=N)SC(=N)C#CC1CC1. The third-order valence-electron chi connectivity index (χ3n) is 5.96. The molecule has 1 saturated heterocycles. The number of amidine groups is 1. The van der Waals surface area contributed by atoms with Crippen molar-refractivity contribution < 1.29 is 23.1 Å². The Bertz CT molecular complexity index is 1490. The number of amides is 3. The Hall–Kier alpha value is -4.49. The summed E-state index contributed by atoms with van der Waals surface area (Å²) in [6.07, 6.45) is 1.48. The van der Waals surface area contributed by atoms with E-state index < -0.39 is 18.0 Å². The summed E-state index contributed by atoms with van der Waals surface area (Å²) in [6, 6.07) is 2.43. The van der Waals surface area contributed by atoms with E-state index in [0.29, 0.717) is 24.9 Å². The second-order valence-electron chi connectivity index (χ2n) is 8.91. The van der Waals surface area contributed by atoms with Crippen molar-refractivity contribution in [1.82, 2.24) is 25.1 Å². The van der Waals surface area contributed by atoms with Gasteiger partial charge in [0.25, 0.3) is 12.3 Å². The standard InChI is InChI=1S/C27H25F2N7O3S/c1-35-10-11-36(27(35)38)9-3-4-17-12-18(19-13-21(24(28)29)33-15-22(19)39-2)20(14-32-17)25(37)34-26(31)40-23(30)8-7-16-5-6-16/h12-16,24,30H,5-6,9-11H2,1-2H3,(H2,31,34,37). The minimum atomic E-state index is -2.87. The molecule has 0 radical (unpaired) electrons. The van der Waals surface area contributed by atoms with Gasteiger partial charge in [-0.3, -0.25) is 20.6 Å². The van der Waals surface area contributed by atoms with Crippen LogP contribution in [0.25, 0.3) is 11.1 Å². The van der Waals surface area contributed by atoms with E-state index in [2.05, 4.69) is 39.0 Å². The van der Waals surface area contributed by atoms with Gasteiger partial charge >= 0.3 is 6.03 Å². The molecule has 2 aromatic heterocycles. The van der Waals surface area contributed by atoms with Crippen LogP contribution in [-0.4, -0.2) is 75.7 Å². The highest BCUT2D eigenvalue weighted by molar-refractivity contribution is 8.26. The molecular weight excluding hydrogens is 540 g/mol. The molecule has 206 valence electrons. The van der Waals surface area contributed by atoms with Gasteiger partial charge < -0.3 is 19.9 Å². The minimum Gasteiger partial charge on any atom is -0.494 e. The van der Waals surface area contributed by atoms with Crippen molar-refractivity contribution in [1.29, 1.82) is 10.8 Å². The normalized spacial score (nSPS) is 14.3. The summed E-state index contributed by atoms with van der Waals surface area (Å²) >= 11 is 0.683. The van der Waals surface area contributed by atoms with Crippen LogP contribution in [0, 0.1) is 40.4 Å². The largest absolute Gasteiger partial charge is 0.494 e. The number of thioether (sulfide) groups is 1. The summed E-state index contributed by atoms with van der Waals surface area (Å²) in [4.78, 5) is 36.4. The highest BCUT2D eigenvalue weighted by Crippen LogP contribution is 2.35. The molecule has 1 aliphatic heterocycles. The molecule has 3 amide bonds. The van der Waals surface area contributed by atoms with Crippen molar-refractivity contribution in [2.45, 2.75) is 19.3 Å². The number of pyridine rings is 2. The lowest BCUT2D eigenvalue weighted by molar-refractivity contribution is 0.0978. The van der Waals surface area contributed by atoms with E-state index in [4.69, 9.17) is 15.6 Å². The van der Waals surface area contributed by atoms with Gasteiger partial charge in [0.1, 0.15) is 22.2 Å². The first-order valence-electron chi connectivity index (χ1n) is 12.2. The Balaban J connectivity index is 1.63. The number of likely N-dealkylation sites (N-methyl/N-ethyl adjacent to an activating group) is 1. The first kappa shape index (κ1) is 28.5. The maximum atomic E-state index is 13.5. The first-order chi connectivity index (χ1) is 19.2. The van der Waals surface area contributed by atoms with Crippen LogP contribution < -0.4 is 10.1 Å². The Morgan fingerprint density at radius 1 is 1.23 bits per heavy atom. The van der Waals surface area contributed by atoms with Crippen molar-refractivity contribution in [3.63, 3.8) is 0 Å². The fraction of sp³-hybridized carbons (Fsp3) is 0.333. The van der Waals surface area contributed by atoms with E-state index in [1.807, 2.05) is 0 Å². The molecule has 2 aliphatic rings. The van der Waals surface area contributed by atoms with E-state index in [0.717, 1.165) is 25.1 Å². The molecule has 0 spiro atoms. The van der Waals surface area contributed by atoms with Crippen molar-refractivity contribution in [3.05, 3.63) is 41.5 Å². The highest BCUT2D eigenvalue weighted by Gasteiger charge is 2.24. The zero-order valence-corrected chi connectivity index (χ0v) is 22.5. The van der Waals surface area contributed by atoms with Crippen LogP contribution in [0.3, 0.4) is 0 Å². The second kappa shape index (κ2) is 12.6. The Morgan fingerprint density at radius 3 is 2.65 bits per heavy atom. The summed E-state index contributed by atoms with van der Waals surface area (Å²) in [5.41, 5.74) is 0.00529. The van der Waals surface area contributed by atoms with E-state index in [1.165, 1.54) is 19.4 Å². The average molecular weight is 566 g/mol. The molecule has 0 atom stereocenters. The van der Waals surface area contributed by atoms with Gasteiger partial charge in [-0.25, -0.2) is 18.6 Å². The number of alkyl halides is 2. The maximum absolute atomic E-state index is 13.5. The predicted molar refractivity (Wildman–Crippen MR) is 146 cm³/mol. The van der Waals surface area contributed by atoms with E-state index >= 15 is 0 Å². The quantitative estimate of drug-likeness (QED) is 0.288. The first-order valence-corrected chi connectivity index (χ1v) is 13.0. The zero-order chi connectivity index (χ0) is 28.8. The molecule has 0 unspecified atom stereocenters. The van der Waals surface area contributed by atoms with Crippen LogP contribution in [0.4, 0.5) is 13.6 Å². The van der Waals surface area contributed by atoms with E-state index in [-0.39, 0.29) is 56.8 Å². The number of urea groups is 1. The third-order valence-corrected chi connectivity index (χ3v) is 6.57. The molecule has 4 rings (SSSR count). The second-order valence-corrected chi connectivity index (χ2v) is 9.93. The predicted octanol–water partition coefficient (Wildman–Crippen LogP) is 3.60. The number of hydrogen-bond acceptors (Lipinski definition) is 8. The summed E-state index contributed by atoms with van der Waals surface area (Å²) in [5, 5.41) is 18.0. The minimum absolute atomic E-state index is 0.0347. The smallest absolute Gasteiger partial charge is 0.320 e. The van der Waals surface area contributed by atoms with Crippen molar-refractivity contribution in [2.24, 2.45) is 5.92 Å². The third kappa shape index (κ3) is 7.12. The van der Waals surface area contributed by atoms with Crippen LogP contribution in [0.2, 0.25) is 0 Å². The van der Waals surface area contributed by atoms with Gasteiger partial charge in [-0.15, -0.1) is 0 Å². The number of ether oxygens (including phenoxy) is 1. The van der Waals surface area contributed by atoms with Gasteiger partial charge in [0.05, 0.1) is 25.4 Å².